The van der Waals surface area contributed by atoms with E-state index in [9.17, 15) is 26.7 Å². The molecule has 1 aliphatic rings. The molecule has 1 amide bonds. The summed E-state index contributed by atoms with van der Waals surface area (Å²) >= 11 is 0. The van der Waals surface area contributed by atoms with Crippen LogP contribution in [0.2, 0.25) is 0 Å². The molecule has 15 heteroatoms. The van der Waals surface area contributed by atoms with E-state index in [1.807, 2.05) is 32.9 Å². The summed E-state index contributed by atoms with van der Waals surface area (Å²) in [4.78, 5) is 36.7. The number of aromatic nitrogens is 5. The number of pyridine rings is 1. The van der Waals surface area contributed by atoms with Gasteiger partial charge in [0.05, 0.1) is 16.7 Å². The lowest BCUT2D eigenvalue weighted by Crippen LogP contribution is -2.50. The Kier molecular flexibility index (Phi) is 9.16. The molecule has 3 aromatic heterocycles. The van der Waals surface area contributed by atoms with Crippen molar-refractivity contribution in [2.45, 2.75) is 57.9 Å². The van der Waals surface area contributed by atoms with Gasteiger partial charge in [0, 0.05) is 62.2 Å². The fourth-order valence-electron chi connectivity index (χ4n) is 4.98. The fraction of sp³-hybridized carbons (Fsp3) is 0.452. The molecule has 0 spiro atoms. The number of ether oxygens (including phenoxy) is 2. The maximum atomic E-state index is 13.3. The number of fused-ring (bicyclic) bond motifs is 1. The molecule has 1 unspecified atom stereocenters. The second kappa shape index (κ2) is 12.8. The zero-order chi connectivity index (χ0) is 33.3. The number of piperazine rings is 1. The molecule has 0 saturated carbocycles. The number of amides is 1. The van der Waals surface area contributed by atoms with Crippen LogP contribution in [0.4, 0.5) is 26.7 Å². The van der Waals surface area contributed by atoms with Gasteiger partial charge >= 0.3 is 18.2 Å². The highest BCUT2D eigenvalue weighted by atomic mass is 19.4. The van der Waals surface area contributed by atoms with E-state index in [4.69, 9.17) is 4.74 Å². The molecule has 246 valence electrons. The Morgan fingerprint density at radius 1 is 0.978 bits per heavy atom. The van der Waals surface area contributed by atoms with E-state index in [1.54, 1.807) is 29.3 Å². The second-order valence-corrected chi connectivity index (χ2v) is 12.1. The van der Waals surface area contributed by atoms with Crippen LogP contribution in [-0.4, -0.2) is 91.3 Å². The number of hydrogen-bond acceptors (Lipinski definition) is 8. The molecule has 46 heavy (non-hydrogen) atoms. The number of H-pyrrole nitrogens is 1. The summed E-state index contributed by atoms with van der Waals surface area (Å²) in [5.74, 6) is -4.77. The lowest BCUT2D eigenvalue weighted by Gasteiger charge is -2.38. The summed E-state index contributed by atoms with van der Waals surface area (Å²) in [7, 11) is 0. The first-order chi connectivity index (χ1) is 21.6. The average Bonchev–Trinajstić information content (AvgIpc) is 3.40. The van der Waals surface area contributed by atoms with Crippen LogP contribution in [0.3, 0.4) is 0 Å². The third kappa shape index (κ3) is 7.87. The van der Waals surface area contributed by atoms with Crippen molar-refractivity contribution in [1.29, 1.82) is 0 Å². The number of hydrogen-bond donors (Lipinski definition) is 1. The van der Waals surface area contributed by atoms with Crippen LogP contribution >= 0.6 is 0 Å². The molecular formula is C31H34F5N7O3. The fourth-order valence-corrected chi connectivity index (χ4v) is 4.98. The normalized spacial score (nSPS) is 15.6. The standard InChI is InChI=1S/C31H34F5N7O3/c1-19(42-9-11-43(12-10-42)28(44)46-29(2,3)4)20-7-8-37-22(13-20)15-26-40-23-6-5-21(14-25(23)41-26)24-16-27(39-18-38-24)45-17-30(32,33)31(34,35)36/h5-8,13-14,16,18-19H,9-12,15,17H2,1-4H3,(H,40,41). The summed E-state index contributed by atoms with van der Waals surface area (Å²) in [6.07, 6.45) is -2.82. The quantitative estimate of drug-likeness (QED) is 0.226. The zero-order valence-electron chi connectivity index (χ0n) is 25.7. The molecule has 0 radical (unpaired) electrons. The number of nitrogens with zero attached hydrogens (tertiary/aromatic N) is 6. The lowest BCUT2D eigenvalue weighted by molar-refractivity contribution is -0.290. The first kappa shape index (κ1) is 33.0. The SMILES string of the molecule is CC(c1ccnc(Cc2nc3ccc(-c4cc(OCC(F)(F)C(F)(F)F)ncn4)cc3[nH]2)c1)N1CCN(C(=O)OC(C)(C)C)CC1. The van der Waals surface area contributed by atoms with Gasteiger partial charge in [0.1, 0.15) is 17.8 Å². The van der Waals surface area contributed by atoms with Crippen molar-refractivity contribution in [2.24, 2.45) is 0 Å². The molecule has 10 nitrogen and oxygen atoms in total. The summed E-state index contributed by atoms with van der Waals surface area (Å²) in [6, 6.07) is 10.5. The number of halogens is 5. The summed E-state index contributed by atoms with van der Waals surface area (Å²) in [6.45, 7) is 8.36. The van der Waals surface area contributed by atoms with E-state index in [-0.39, 0.29) is 17.8 Å². The van der Waals surface area contributed by atoms with Crippen LogP contribution < -0.4 is 4.74 Å². The molecule has 0 bridgehead atoms. The van der Waals surface area contributed by atoms with Gasteiger partial charge in [0.25, 0.3) is 0 Å². The first-order valence-corrected chi connectivity index (χ1v) is 14.6. The van der Waals surface area contributed by atoms with Gasteiger partial charge in [-0.2, -0.15) is 22.0 Å². The predicted molar refractivity (Wildman–Crippen MR) is 158 cm³/mol. The number of benzene rings is 1. The third-order valence-electron chi connectivity index (χ3n) is 7.47. The lowest BCUT2D eigenvalue weighted by atomic mass is 10.1. The van der Waals surface area contributed by atoms with Gasteiger partial charge in [-0.15, -0.1) is 0 Å². The molecule has 4 heterocycles. The molecule has 1 fully saturated rings. The number of aromatic amines is 1. The Bertz CT molecular complexity index is 1680. The maximum absolute atomic E-state index is 13.3. The molecule has 5 rings (SSSR count). The summed E-state index contributed by atoms with van der Waals surface area (Å²) in [5, 5.41) is 0. The minimum Gasteiger partial charge on any atom is -0.471 e. The van der Waals surface area contributed by atoms with E-state index in [2.05, 4.69) is 41.5 Å². The first-order valence-electron chi connectivity index (χ1n) is 14.6. The van der Waals surface area contributed by atoms with Gasteiger partial charge in [-0.1, -0.05) is 6.07 Å². The molecule has 1 atom stereocenters. The highest BCUT2D eigenvalue weighted by molar-refractivity contribution is 5.81. The largest absolute Gasteiger partial charge is 0.471 e. The Morgan fingerprint density at radius 3 is 2.41 bits per heavy atom. The molecular weight excluding hydrogens is 613 g/mol. The smallest absolute Gasteiger partial charge is 0.456 e. The monoisotopic (exact) mass is 647 g/mol. The molecule has 1 N–H and O–H groups in total. The van der Waals surface area contributed by atoms with Crippen LogP contribution in [0, 0.1) is 0 Å². The Labute approximate surface area is 262 Å². The van der Waals surface area contributed by atoms with Gasteiger partial charge in [-0.05, 0) is 57.5 Å². The van der Waals surface area contributed by atoms with Crippen molar-refractivity contribution < 1.29 is 36.2 Å². The molecule has 1 aliphatic heterocycles. The molecule has 1 aromatic carbocycles. The molecule has 1 saturated heterocycles. The van der Waals surface area contributed by atoms with Gasteiger partial charge in [0.15, 0.2) is 6.61 Å². The van der Waals surface area contributed by atoms with Crippen molar-refractivity contribution in [3.63, 3.8) is 0 Å². The van der Waals surface area contributed by atoms with E-state index >= 15 is 0 Å². The third-order valence-corrected chi connectivity index (χ3v) is 7.47. The van der Waals surface area contributed by atoms with E-state index in [0.29, 0.717) is 55.0 Å². The van der Waals surface area contributed by atoms with Gasteiger partial charge in [0.2, 0.25) is 5.88 Å². The van der Waals surface area contributed by atoms with E-state index < -0.39 is 30.2 Å². The van der Waals surface area contributed by atoms with Crippen molar-refractivity contribution in [3.05, 3.63) is 66.0 Å². The number of rotatable bonds is 8. The number of imidazole rings is 1. The van der Waals surface area contributed by atoms with Crippen LogP contribution in [0.15, 0.2) is 48.9 Å². The van der Waals surface area contributed by atoms with E-state index in [1.165, 1.54) is 6.07 Å². The second-order valence-electron chi connectivity index (χ2n) is 12.1. The van der Waals surface area contributed by atoms with Crippen molar-refractivity contribution in [2.75, 3.05) is 32.8 Å². The Balaban J connectivity index is 1.23. The highest BCUT2D eigenvalue weighted by Crippen LogP contribution is 2.36. The zero-order valence-corrected chi connectivity index (χ0v) is 25.7. The average molecular weight is 648 g/mol. The summed E-state index contributed by atoms with van der Waals surface area (Å²) in [5.41, 5.74) is 3.52. The van der Waals surface area contributed by atoms with Crippen LogP contribution in [0.25, 0.3) is 22.3 Å². The van der Waals surface area contributed by atoms with Gasteiger partial charge in [-0.3, -0.25) is 9.88 Å². The highest BCUT2D eigenvalue weighted by Gasteiger charge is 2.58. The summed E-state index contributed by atoms with van der Waals surface area (Å²) < 4.78 is 74.1. The number of carbonyl (C=O) groups is 1. The van der Waals surface area contributed by atoms with E-state index in [0.717, 1.165) is 17.6 Å². The van der Waals surface area contributed by atoms with Crippen LogP contribution in [0.1, 0.15) is 50.8 Å². The van der Waals surface area contributed by atoms with Crippen molar-refractivity contribution in [1.82, 2.24) is 34.7 Å². The van der Waals surface area contributed by atoms with Crippen LogP contribution in [0.5, 0.6) is 5.88 Å². The Hall–Kier alpha value is -4.40. The van der Waals surface area contributed by atoms with Crippen molar-refractivity contribution >= 4 is 17.1 Å². The Morgan fingerprint density at radius 2 is 1.72 bits per heavy atom. The van der Waals surface area contributed by atoms with Gasteiger partial charge in [-0.25, -0.2) is 19.7 Å². The predicted octanol–water partition coefficient (Wildman–Crippen LogP) is 6.20. The molecule has 0 aliphatic carbocycles. The number of alkyl halides is 5. The molecule has 4 aromatic rings. The maximum Gasteiger partial charge on any atom is 0.456 e. The number of carbonyl (C=O) groups excluding carboxylic acids is 1. The minimum absolute atomic E-state index is 0.0993. The van der Waals surface area contributed by atoms with Crippen molar-refractivity contribution in [3.8, 4) is 17.1 Å². The number of nitrogens with one attached hydrogen (secondary N) is 1. The van der Waals surface area contributed by atoms with Crippen LogP contribution in [-0.2, 0) is 11.2 Å². The van der Waals surface area contributed by atoms with Gasteiger partial charge < -0.3 is 19.4 Å². The minimum atomic E-state index is -5.73. The topological polar surface area (TPSA) is 109 Å².